The lowest BCUT2D eigenvalue weighted by Gasteiger charge is -2.34. The highest BCUT2D eigenvalue weighted by atomic mass is 16.5. The molecule has 5 rings (SSSR count). The molecule has 3 aromatic rings. The average molecular weight is 515 g/mol. The molecule has 4 N–H and O–H groups in total. The predicted molar refractivity (Wildman–Crippen MR) is 148 cm³/mol. The van der Waals surface area contributed by atoms with Gasteiger partial charge in [0.05, 0.1) is 25.5 Å². The molecule has 1 aliphatic heterocycles. The van der Waals surface area contributed by atoms with Gasteiger partial charge in [-0.25, -0.2) is 0 Å². The second-order valence-electron chi connectivity index (χ2n) is 9.68. The molecule has 3 aromatic carbocycles. The average Bonchev–Trinajstić information content (AvgIpc) is 3.78. The van der Waals surface area contributed by atoms with Crippen molar-refractivity contribution in [3.63, 3.8) is 0 Å². The molecule has 2 aliphatic rings. The summed E-state index contributed by atoms with van der Waals surface area (Å²) < 4.78 is 11.4. The Kier molecular flexibility index (Phi) is 8.03. The van der Waals surface area contributed by atoms with E-state index >= 15 is 0 Å². The molecule has 0 bridgehead atoms. The molecule has 1 saturated carbocycles. The maximum absolute atomic E-state index is 13.4. The number of benzene rings is 3. The molecule has 0 aromatic heterocycles. The van der Waals surface area contributed by atoms with E-state index in [4.69, 9.17) is 15.2 Å². The van der Waals surface area contributed by atoms with Crippen molar-refractivity contribution < 1.29 is 19.1 Å². The van der Waals surface area contributed by atoms with E-state index in [-0.39, 0.29) is 11.8 Å². The predicted octanol–water partition coefficient (Wildman–Crippen LogP) is 4.14. The quantitative estimate of drug-likeness (QED) is 0.351. The van der Waals surface area contributed by atoms with Crippen molar-refractivity contribution in [2.24, 2.45) is 5.73 Å². The number of amides is 2. The van der Waals surface area contributed by atoms with Gasteiger partial charge in [0.25, 0.3) is 5.91 Å². The normalized spacial score (nSPS) is 16.4. The zero-order valence-electron chi connectivity index (χ0n) is 21.4. The number of nitrogens with zero attached hydrogens (tertiary/aromatic N) is 1. The molecule has 0 spiro atoms. The molecular formula is C30H34N4O4. The molecule has 0 atom stereocenters. The van der Waals surface area contributed by atoms with Crippen LogP contribution in [0.1, 0.15) is 29.6 Å². The third kappa shape index (κ3) is 5.88. The zero-order valence-corrected chi connectivity index (χ0v) is 21.4. The van der Waals surface area contributed by atoms with Crippen LogP contribution in [-0.2, 0) is 9.53 Å². The van der Waals surface area contributed by atoms with Crippen molar-refractivity contribution in [2.45, 2.75) is 24.8 Å². The van der Waals surface area contributed by atoms with Gasteiger partial charge in [0, 0.05) is 24.3 Å². The van der Waals surface area contributed by atoms with E-state index in [2.05, 4.69) is 15.5 Å². The van der Waals surface area contributed by atoms with Crippen molar-refractivity contribution in [2.75, 3.05) is 50.1 Å². The number of anilines is 2. The van der Waals surface area contributed by atoms with Crippen LogP contribution < -0.4 is 21.1 Å². The lowest BCUT2D eigenvalue weighted by atomic mass is 10.1. The summed E-state index contributed by atoms with van der Waals surface area (Å²) in [4.78, 5) is 28.8. The minimum atomic E-state index is -0.517. The van der Waals surface area contributed by atoms with Crippen molar-refractivity contribution in [1.29, 1.82) is 0 Å². The molecule has 8 nitrogen and oxygen atoms in total. The molecule has 8 heteroatoms. The van der Waals surface area contributed by atoms with Gasteiger partial charge in [0.15, 0.2) is 0 Å². The first kappa shape index (κ1) is 25.9. The van der Waals surface area contributed by atoms with Gasteiger partial charge in [-0.05, 0) is 67.3 Å². The topological polar surface area (TPSA) is 106 Å². The number of hydrogen-bond acceptors (Lipinski definition) is 6. The number of rotatable bonds is 10. The summed E-state index contributed by atoms with van der Waals surface area (Å²) in [5, 5.41) is 6.02. The van der Waals surface area contributed by atoms with Gasteiger partial charge in [0.1, 0.15) is 11.3 Å². The van der Waals surface area contributed by atoms with Crippen LogP contribution in [0.2, 0.25) is 0 Å². The Morgan fingerprint density at radius 1 is 0.921 bits per heavy atom. The first-order chi connectivity index (χ1) is 18.6. The highest BCUT2D eigenvalue weighted by molar-refractivity contribution is 6.07. The summed E-state index contributed by atoms with van der Waals surface area (Å²) in [5.74, 6) is 0.182. The molecule has 1 saturated heterocycles. The van der Waals surface area contributed by atoms with E-state index in [0.29, 0.717) is 55.5 Å². The molecule has 2 fully saturated rings. The first-order valence-corrected chi connectivity index (χ1v) is 13.2. The second kappa shape index (κ2) is 11.8. The number of hydrogen-bond donors (Lipinski definition) is 3. The van der Waals surface area contributed by atoms with Gasteiger partial charge in [-0.3, -0.25) is 14.5 Å². The van der Waals surface area contributed by atoms with Crippen LogP contribution in [0.4, 0.5) is 11.4 Å². The van der Waals surface area contributed by atoms with Gasteiger partial charge in [-0.15, -0.1) is 0 Å². The van der Waals surface area contributed by atoms with Crippen molar-refractivity contribution in [3.8, 4) is 16.9 Å². The molecule has 2 amide bonds. The summed E-state index contributed by atoms with van der Waals surface area (Å²) in [7, 11) is 0. The number of nitrogens with two attached hydrogens (primary N) is 1. The van der Waals surface area contributed by atoms with E-state index in [0.717, 1.165) is 37.1 Å². The van der Waals surface area contributed by atoms with Crippen LogP contribution >= 0.6 is 0 Å². The fourth-order valence-electron chi connectivity index (χ4n) is 4.78. The molecular weight excluding hydrogens is 480 g/mol. The van der Waals surface area contributed by atoms with Gasteiger partial charge in [-0.2, -0.15) is 0 Å². The second-order valence-corrected chi connectivity index (χ2v) is 9.68. The Morgan fingerprint density at radius 3 is 2.32 bits per heavy atom. The minimum absolute atomic E-state index is 0.0721. The van der Waals surface area contributed by atoms with Gasteiger partial charge >= 0.3 is 0 Å². The van der Waals surface area contributed by atoms with Crippen molar-refractivity contribution >= 4 is 23.2 Å². The van der Waals surface area contributed by atoms with Crippen LogP contribution in [0.25, 0.3) is 11.1 Å². The maximum Gasteiger partial charge on any atom is 0.255 e. The lowest BCUT2D eigenvalue weighted by molar-refractivity contribution is -0.124. The highest BCUT2D eigenvalue weighted by Gasteiger charge is 2.54. The molecule has 0 unspecified atom stereocenters. The molecule has 0 radical (unpaired) electrons. The Hall–Kier alpha value is -3.72. The Bertz CT molecular complexity index is 1250. The van der Waals surface area contributed by atoms with E-state index in [9.17, 15) is 9.59 Å². The maximum atomic E-state index is 13.4. The molecule has 198 valence electrons. The Balaban J connectivity index is 1.31. The number of ether oxygens (including phenoxy) is 2. The summed E-state index contributed by atoms with van der Waals surface area (Å²) >= 11 is 0. The number of morpholine rings is 1. The fourth-order valence-corrected chi connectivity index (χ4v) is 4.78. The van der Waals surface area contributed by atoms with Crippen LogP contribution in [0.5, 0.6) is 5.75 Å². The fraction of sp³-hybridized carbons (Fsp3) is 0.333. The van der Waals surface area contributed by atoms with Crippen LogP contribution in [0, 0.1) is 0 Å². The van der Waals surface area contributed by atoms with E-state index in [1.165, 1.54) is 0 Å². The minimum Gasteiger partial charge on any atom is -0.491 e. The van der Waals surface area contributed by atoms with Crippen molar-refractivity contribution in [1.82, 2.24) is 4.90 Å². The summed E-state index contributed by atoms with van der Waals surface area (Å²) in [6, 6.07) is 22.9. The smallest absolute Gasteiger partial charge is 0.255 e. The Morgan fingerprint density at radius 2 is 1.63 bits per heavy atom. The Labute approximate surface area is 223 Å². The number of carbonyl (C=O) groups is 2. The zero-order chi connectivity index (χ0) is 26.4. The summed E-state index contributed by atoms with van der Waals surface area (Å²) in [6.07, 6.45) is 2.30. The monoisotopic (exact) mass is 514 g/mol. The van der Waals surface area contributed by atoms with Crippen LogP contribution in [0.3, 0.4) is 0 Å². The highest BCUT2D eigenvalue weighted by Crippen LogP contribution is 2.43. The van der Waals surface area contributed by atoms with Gasteiger partial charge in [0.2, 0.25) is 5.91 Å². The SMILES string of the molecule is NCCCOc1ccc(C(=O)Nc2ccc(-c3ccccc3)cc2)cc1NC(=O)C1(N2CCOCC2)CC1. The standard InChI is InChI=1S/C30H34N4O4/c31-15-4-18-38-27-12-9-24(21-26(27)33-29(36)30(13-14-30)34-16-19-37-20-17-34)28(35)32-25-10-7-23(8-11-25)22-5-2-1-3-6-22/h1-3,5-12,21H,4,13-20,31H2,(H,32,35)(H,33,36). The molecule has 38 heavy (non-hydrogen) atoms. The lowest BCUT2D eigenvalue weighted by Crippen LogP contribution is -2.51. The summed E-state index contributed by atoms with van der Waals surface area (Å²) in [5.41, 5.74) is 8.89. The van der Waals surface area contributed by atoms with Gasteiger partial charge in [-0.1, -0.05) is 42.5 Å². The van der Waals surface area contributed by atoms with Crippen LogP contribution in [-0.4, -0.2) is 61.7 Å². The molecule has 1 heterocycles. The number of carbonyl (C=O) groups excluding carboxylic acids is 2. The van der Waals surface area contributed by atoms with E-state index < -0.39 is 5.54 Å². The number of nitrogens with one attached hydrogen (secondary N) is 2. The first-order valence-electron chi connectivity index (χ1n) is 13.2. The van der Waals surface area contributed by atoms with Gasteiger partial charge < -0.3 is 25.8 Å². The largest absolute Gasteiger partial charge is 0.491 e. The third-order valence-electron chi connectivity index (χ3n) is 7.11. The van der Waals surface area contributed by atoms with Crippen molar-refractivity contribution in [3.05, 3.63) is 78.4 Å². The van der Waals surface area contributed by atoms with E-state index in [1.807, 2.05) is 54.6 Å². The van der Waals surface area contributed by atoms with E-state index in [1.54, 1.807) is 18.2 Å². The third-order valence-corrected chi connectivity index (χ3v) is 7.11. The summed E-state index contributed by atoms with van der Waals surface area (Å²) in [6.45, 7) is 3.66. The molecule has 1 aliphatic carbocycles. The van der Waals surface area contributed by atoms with Crippen LogP contribution in [0.15, 0.2) is 72.8 Å².